The second kappa shape index (κ2) is 4.74. The van der Waals surface area contributed by atoms with Crippen LogP contribution in [-0.4, -0.2) is 42.3 Å². The van der Waals surface area contributed by atoms with Gasteiger partial charge in [-0.1, -0.05) is 0 Å². The number of aromatic nitrogens is 5. The molecule has 0 spiro atoms. The number of nitrogens with one attached hydrogen (secondary N) is 1. The highest BCUT2D eigenvalue weighted by atomic mass is 16.6. The van der Waals surface area contributed by atoms with E-state index < -0.39 is 4.92 Å². The third kappa shape index (κ3) is 2.02. The number of carbonyl (C=O) groups excluding carboxylic acids is 1. The normalized spacial score (nSPS) is 10.9. The smallest absolute Gasteiger partial charge is 0.339 e. The van der Waals surface area contributed by atoms with Gasteiger partial charge in [-0.15, -0.1) is 5.10 Å². The lowest BCUT2D eigenvalue weighted by atomic mass is 10.2. The molecule has 0 aliphatic carbocycles. The predicted octanol–water partition coefficient (Wildman–Crippen LogP) is 0.582. The Hall–Kier alpha value is -3.17. The highest BCUT2D eigenvalue weighted by Gasteiger charge is 2.26. The van der Waals surface area contributed by atoms with Crippen LogP contribution in [0.25, 0.3) is 16.6 Å². The molecule has 0 saturated heterocycles. The summed E-state index contributed by atoms with van der Waals surface area (Å²) in [5.41, 5.74) is 0.426. The number of pyridine rings is 2. The van der Waals surface area contributed by atoms with Crippen molar-refractivity contribution in [3.63, 3.8) is 0 Å². The maximum atomic E-state index is 11.4. The highest BCUT2D eigenvalue weighted by Crippen LogP contribution is 2.35. The molecule has 0 saturated carbocycles. The lowest BCUT2D eigenvalue weighted by Crippen LogP contribution is -2.13. The summed E-state index contributed by atoms with van der Waals surface area (Å²) in [6, 6.07) is 1.60. The largest absolute Gasteiger partial charge is 0.372 e. The SMILES string of the molecule is CC(=O)CNc1c([N+](=O)[O-])c2nnnn2c2cnccc12. The van der Waals surface area contributed by atoms with Crippen molar-refractivity contribution in [2.75, 3.05) is 11.9 Å². The van der Waals surface area contributed by atoms with Crippen molar-refractivity contribution < 1.29 is 9.72 Å². The van der Waals surface area contributed by atoms with Gasteiger partial charge in [0.05, 0.1) is 23.2 Å². The van der Waals surface area contributed by atoms with Crippen molar-refractivity contribution in [2.24, 2.45) is 0 Å². The number of tetrazole rings is 1. The van der Waals surface area contributed by atoms with Crippen LogP contribution in [0.3, 0.4) is 0 Å². The van der Waals surface area contributed by atoms with Gasteiger partial charge < -0.3 is 5.32 Å². The Kier molecular flexibility index (Phi) is 2.90. The van der Waals surface area contributed by atoms with E-state index >= 15 is 0 Å². The third-order valence-electron chi connectivity index (χ3n) is 2.91. The molecule has 0 unspecified atom stereocenters. The van der Waals surface area contributed by atoms with Gasteiger partial charge in [-0.05, 0) is 23.4 Å². The Bertz CT molecular complexity index is 873. The number of hydrogen-bond donors (Lipinski definition) is 1. The molecule has 0 radical (unpaired) electrons. The zero-order valence-electron chi connectivity index (χ0n) is 10.8. The molecule has 10 heteroatoms. The number of fused-ring (bicyclic) bond motifs is 3. The number of Topliss-reactive ketones (excluding diaryl/α,β-unsaturated/α-hetero) is 1. The molecule has 3 heterocycles. The molecular weight excluding hydrogens is 278 g/mol. The minimum absolute atomic E-state index is 0.00782. The number of carbonyl (C=O) groups is 1. The fourth-order valence-corrected chi connectivity index (χ4v) is 2.07. The number of nitro groups is 1. The van der Waals surface area contributed by atoms with Gasteiger partial charge in [0.2, 0.25) is 0 Å². The highest BCUT2D eigenvalue weighted by molar-refractivity contribution is 6.01. The van der Waals surface area contributed by atoms with Crippen molar-refractivity contribution in [1.82, 2.24) is 25.0 Å². The molecule has 0 aliphatic rings. The average Bonchev–Trinajstić information content (AvgIpc) is 2.92. The second-order valence-corrected chi connectivity index (χ2v) is 4.34. The van der Waals surface area contributed by atoms with Crippen LogP contribution in [0.2, 0.25) is 0 Å². The number of hydrogen-bond acceptors (Lipinski definition) is 8. The van der Waals surface area contributed by atoms with Crippen molar-refractivity contribution in [1.29, 1.82) is 0 Å². The maximum Gasteiger partial charge on any atom is 0.339 e. The summed E-state index contributed by atoms with van der Waals surface area (Å²) in [6.45, 7) is 1.36. The van der Waals surface area contributed by atoms with Gasteiger partial charge in [-0.2, -0.15) is 4.52 Å². The summed E-state index contributed by atoms with van der Waals surface area (Å²) in [6.07, 6.45) is 3.00. The van der Waals surface area contributed by atoms with E-state index in [-0.39, 0.29) is 29.3 Å². The molecule has 0 atom stereocenters. The van der Waals surface area contributed by atoms with E-state index in [1.165, 1.54) is 23.8 Å². The molecule has 10 nitrogen and oxygen atoms in total. The molecule has 0 fully saturated rings. The molecule has 1 N–H and O–H groups in total. The van der Waals surface area contributed by atoms with E-state index in [1.807, 2.05) is 0 Å². The molecule has 0 aliphatic heterocycles. The number of anilines is 1. The lowest BCUT2D eigenvalue weighted by molar-refractivity contribution is -0.382. The monoisotopic (exact) mass is 287 g/mol. The van der Waals surface area contributed by atoms with Gasteiger partial charge in [0.15, 0.2) is 0 Å². The van der Waals surface area contributed by atoms with Crippen LogP contribution < -0.4 is 5.32 Å². The van der Waals surface area contributed by atoms with Gasteiger partial charge >= 0.3 is 5.69 Å². The fraction of sp³-hybridized carbons (Fsp3) is 0.182. The Labute approximate surface area is 116 Å². The molecule has 0 aromatic carbocycles. The summed E-state index contributed by atoms with van der Waals surface area (Å²) < 4.78 is 1.25. The molecule has 3 aromatic rings. The first-order valence-corrected chi connectivity index (χ1v) is 5.95. The van der Waals surface area contributed by atoms with Gasteiger partial charge in [-0.3, -0.25) is 19.9 Å². The number of rotatable bonds is 4. The first-order chi connectivity index (χ1) is 10.1. The van der Waals surface area contributed by atoms with E-state index in [2.05, 4.69) is 25.8 Å². The average molecular weight is 287 g/mol. The summed E-state index contributed by atoms with van der Waals surface area (Å²) in [4.78, 5) is 25.9. The molecule has 3 aromatic heterocycles. The summed E-state index contributed by atoms with van der Waals surface area (Å²) >= 11 is 0. The van der Waals surface area contributed by atoms with Gasteiger partial charge in [-0.25, -0.2) is 0 Å². The van der Waals surface area contributed by atoms with Crippen molar-refractivity contribution in [3.05, 3.63) is 28.6 Å². The number of ketones is 1. The quantitative estimate of drug-likeness (QED) is 0.545. The minimum atomic E-state index is -0.575. The fourth-order valence-electron chi connectivity index (χ4n) is 2.07. The predicted molar refractivity (Wildman–Crippen MR) is 71.9 cm³/mol. The maximum absolute atomic E-state index is 11.4. The van der Waals surface area contributed by atoms with Crippen molar-refractivity contribution >= 4 is 33.7 Å². The zero-order chi connectivity index (χ0) is 15.0. The first-order valence-electron chi connectivity index (χ1n) is 5.95. The third-order valence-corrected chi connectivity index (χ3v) is 2.91. The van der Waals surface area contributed by atoms with Crippen LogP contribution in [-0.2, 0) is 4.79 Å². The van der Waals surface area contributed by atoms with Crippen LogP contribution in [0.4, 0.5) is 11.4 Å². The standard InChI is InChI=1S/C11H9N7O3/c1-6(19)4-13-9-7-2-3-12-5-8(7)17-11(14-15-16-17)10(9)18(20)21/h2-3,5,13H,4H2,1H3. The van der Waals surface area contributed by atoms with E-state index in [9.17, 15) is 14.9 Å². The topological polar surface area (TPSA) is 128 Å². The summed E-state index contributed by atoms with van der Waals surface area (Å²) in [5.74, 6) is -0.147. The van der Waals surface area contributed by atoms with Crippen molar-refractivity contribution in [3.8, 4) is 0 Å². The van der Waals surface area contributed by atoms with Gasteiger partial charge in [0, 0.05) is 11.6 Å². The Morgan fingerprint density at radius 2 is 2.33 bits per heavy atom. The van der Waals surface area contributed by atoms with Gasteiger partial charge in [0.25, 0.3) is 5.65 Å². The van der Waals surface area contributed by atoms with Crippen molar-refractivity contribution in [2.45, 2.75) is 6.92 Å². The summed E-state index contributed by atoms with van der Waals surface area (Å²) in [7, 11) is 0. The molecule has 0 bridgehead atoms. The molecule has 0 amide bonds. The molecule has 21 heavy (non-hydrogen) atoms. The van der Waals surface area contributed by atoms with Crippen LogP contribution in [0.15, 0.2) is 18.5 Å². The van der Waals surface area contributed by atoms with E-state index in [4.69, 9.17) is 0 Å². The van der Waals surface area contributed by atoms with Crippen LogP contribution in [0, 0.1) is 10.1 Å². The Morgan fingerprint density at radius 1 is 1.52 bits per heavy atom. The Morgan fingerprint density at radius 3 is 3.05 bits per heavy atom. The zero-order valence-corrected chi connectivity index (χ0v) is 10.8. The van der Waals surface area contributed by atoms with Crippen LogP contribution in [0.5, 0.6) is 0 Å². The van der Waals surface area contributed by atoms with E-state index in [0.717, 1.165) is 0 Å². The molecule has 106 valence electrons. The van der Waals surface area contributed by atoms with E-state index in [0.29, 0.717) is 10.9 Å². The molecule has 3 rings (SSSR count). The Balaban J connectivity index is 2.40. The number of nitrogens with zero attached hydrogens (tertiary/aromatic N) is 6. The second-order valence-electron chi connectivity index (χ2n) is 4.34. The molecular formula is C11H9N7O3. The minimum Gasteiger partial charge on any atom is -0.372 e. The first kappa shape index (κ1) is 12.8. The summed E-state index contributed by atoms with van der Waals surface area (Å²) in [5, 5.41) is 25.6. The van der Waals surface area contributed by atoms with E-state index in [1.54, 1.807) is 6.07 Å². The van der Waals surface area contributed by atoms with Crippen LogP contribution >= 0.6 is 0 Å². The van der Waals surface area contributed by atoms with Crippen LogP contribution in [0.1, 0.15) is 6.92 Å². The lowest BCUT2D eigenvalue weighted by Gasteiger charge is -2.09. The van der Waals surface area contributed by atoms with Gasteiger partial charge in [0.1, 0.15) is 11.5 Å².